The van der Waals surface area contributed by atoms with E-state index >= 15 is 0 Å². The number of hydrogen-bond donors (Lipinski definition) is 2. The number of carbonyl (C=O) groups is 1. The van der Waals surface area contributed by atoms with Gasteiger partial charge in [-0.2, -0.15) is 0 Å². The minimum absolute atomic E-state index is 0. The predicted molar refractivity (Wildman–Crippen MR) is 127 cm³/mol. The zero-order chi connectivity index (χ0) is 19.6. The molecule has 6 nitrogen and oxygen atoms in total. The maximum Gasteiger partial charge on any atom is 0.217 e. The summed E-state index contributed by atoms with van der Waals surface area (Å²) >= 11 is 0. The lowest BCUT2D eigenvalue weighted by Gasteiger charge is -2.35. The number of nitrogens with one attached hydrogen (secondary N) is 1. The van der Waals surface area contributed by atoms with Crippen LogP contribution in [0.25, 0.3) is 0 Å². The number of rotatable bonds is 8. The summed E-state index contributed by atoms with van der Waals surface area (Å²) < 4.78 is 0. The smallest absolute Gasteiger partial charge is 0.217 e. The Balaban J connectivity index is 0.00000392. The molecule has 1 aromatic rings. The number of primary amides is 1. The number of piperidine rings is 1. The number of guanidine groups is 1. The van der Waals surface area contributed by atoms with E-state index in [1.165, 1.54) is 5.56 Å². The highest BCUT2D eigenvalue weighted by molar-refractivity contribution is 14.0. The molecule has 1 aliphatic rings. The molecule has 158 valence electrons. The molecule has 2 atom stereocenters. The normalized spacial score (nSPS) is 18.5. The van der Waals surface area contributed by atoms with Crippen LogP contribution >= 0.6 is 24.0 Å². The number of nitrogens with zero attached hydrogens (tertiary/aromatic N) is 3. The van der Waals surface area contributed by atoms with Crippen molar-refractivity contribution >= 4 is 35.8 Å². The van der Waals surface area contributed by atoms with Crippen LogP contribution in [0.5, 0.6) is 0 Å². The first-order valence-corrected chi connectivity index (χ1v) is 10.0. The number of aliphatic imine (C=N–C) groups is 1. The van der Waals surface area contributed by atoms with Gasteiger partial charge in [-0.25, -0.2) is 0 Å². The molecule has 3 N–H and O–H groups in total. The van der Waals surface area contributed by atoms with E-state index in [1.54, 1.807) is 0 Å². The molecule has 0 aromatic heterocycles. The summed E-state index contributed by atoms with van der Waals surface area (Å²) in [5, 5.41) is 3.41. The number of likely N-dealkylation sites (tertiary alicyclic amines) is 1. The summed E-state index contributed by atoms with van der Waals surface area (Å²) in [5.41, 5.74) is 6.70. The molecule has 2 unspecified atom stereocenters. The fraction of sp³-hybridized carbons (Fsp3) is 0.619. The molecular formula is C21H36IN5O. The molecule has 7 heteroatoms. The molecular weight excluding hydrogens is 465 g/mol. The van der Waals surface area contributed by atoms with Gasteiger partial charge in [-0.1, -0.05) is 30.3 Å². The Morgan fingerprint density at radius 2 is 2.11 bits per heavy atom. The molecule has 1 heterocycles. The standard InChI is InChI=1S/C21H35N5O.HI/c1-4-23-21(26-12-8-11-19(16-26)13-20(22)27)24-14-17(2)25(3)15-18-9-6-5-7-10-18;/h5-7,9-10,17,19H,4,8,11-16H2,1-3H3,(H2,22,27)(H,23,24);1H. The summed E-state index contributed by atoms with van der Waals surface area (Å²) in [5.74, 6) is 1.07. The van der Waals surface area contributed by atoms with Gasteiger partial charge in [0, 0.05) is 38.6 Å². The van der Waals surface area contributed by atoms with Crippen LogP contribution in [0.1, 0.15) is 38.7 Å². The number of halogens is 1. The summed E-state index contributed by atoms with van der Waals surface area (Å²) in [4.78, 5) is 20.8. The SMILES string of the molecule is CCNC(=NCC(C)N(C)Cc1ccccc1)N1CCCC(CC(N)=O)C1.I. The molecule has 2 rings (SSSR count). The van der Waals surface area contributed by atoms with E-state index in [4.69, 9.17) is 10.7 Å². The van der Waals surface area contributed by atoms with Crippen molar-refractivity contribution in [1.29, 1.82) is 0 Å². The number of likely N-dealkylation sites (N-methyl/N-ethyl adjacent to an activating group) is 1. The summed E-state index contributed by atoms with van der Waals surface area (Å²) in [7, 11) is 2.14. The van der Waals surface area contributed by atoms with E-state index < -0.39 is 0 Å². The second-order valence-electron chi connectivity index (χ2n) is 7.57. The average Bonchev–Trinajstić information content (AvgIpc) is 2.65. The van der Waals surface area contributed by atoms with Crippen molar-refractivity contribution in [2.24, 2.45) is 16.6 Å². The van der Waals surface area contributed by atoms with Gasteiger partial charge in [0.25, 0.3) is 0 Å². The quantitative estimate of drug-likeness (QED) is 0.327. The Labute approximate surface area is 187 Å². The van der Waals surface area contributed by atoms with Crippen molar-refractivity contribution in [2.45, 2.75) is 45.7 Å². The van der Waals surface area contributed by atoms with Gasteiger partial charge >= 0.3 is 0 Å². The Bertz CT molecular complexity index is 610. The highest BCUT2D eigenvalue weighted by Gasteiger charge is 2.23. The number of nitrogens with two attached hydrogens (primary N) is 1. The molecule has 1 amide bonds. The molecule has 1 aromatic carbocycles. The summed E-state index contributed by atoms with van der Waals surface area (Å²) in [6.07, 6.45) is 2.60. The Kier molecular flexibility index (Phi) is 11.4. The summed E-state index contributed by atoms with van der Waals surface area (Å²) in [6.45, 7) is 8.62. The molecule has 1 fully saturated rings. The number of amides is 1. The lowest BCUT2D eigenvalue weighted by atomic mass is 9.95. The van der Waals surface area contributed by atoms with Gasteiger partial charge in [0.15, 0.2) is 5.96 Å². The van der Waals surface area contributed by atoms with Gasteiger partial charge in [-0.3, -0.25) is 14.7 Å². The minimum Gasteiger partial charge on any atom is -0.370 e. The van der Waals surface area contributed by atoms with Crippen LogP contribution < -0.4 is 11.1 Å². The first kappa shape index (κ1) is 24.7. The van der Waals surface area contributed by atoms with Gasteiger partial charge in [-0.05, 0) is 45.2 Å². The van der Waals surface area contributed by atoms with Gasteiger partial charge in [0.1, 0.15) is 0 Å². The van der Waals surface area contributed by atoms with Crippen LogP contribution in [-0.2, 0) is 11.3 Å². The largest absolute Gasteiger partial charge is 0.370 e. The third kappa shape index (κ3) is 8.34. The lowest BCUT2D eigenvalue weighted by molar-refractivity contribution is -0.119. The molecule has 1 aliphatic heterocycles. The third-order valence-electron chi connectivity index (χ3n) is 5.18. The van der Waals surface area contributed by atoms with Gasteiger partial charge in [-0.15, -0.1) is 24.0 Å². The van der Waals surface area contributed by atoms with Crippen molar-refractivity contribution < 1.29 is 4.79 Å². The van der Waals surface area contributed by atoms with Crippen LogP contribution in [-0.4, -0.2) is 60.9 Å². The fourth-order valence-electron chi connectivity index (χ4n) is 3.52. The van der Waals surface area contributed by atoms with Crippen LogP contribution in [0.2, 0.25) is 0 Å². The van der Waals surface area contributed by atoms with Crippen LogP contribution in [0.4, 0.5) is 0 Å². The van der Waals surface area contributed by atoms with Crippen LogP contribution in [0.15, 0.2) is 35.3 Å². The maximum absolute atomic E-state index is 11.3. The predicted octanol–water partition coefficient (Wildman–Crippen LogP) is 2.68. The van der Waals surface area contributed by atoms with Crippen LogP contribution in [0.3, 0.4) is 0 Å². The van der Waals surface area contributed by atoms with Crippen molar-refractivity contribution in [3.05, 3.63) is 35.9 Å². The van der Waals surface area contributed by atoms with Crippen molar-refractivity contribution in [2.75, 3.05) is 33.2 Å². The fourth-order valence-corrected chi connectivity index (χ4v) is 3.52. The van der Waals surface area contributed by atoms with Crippen molar-refractivity contribution in [1.82, 2.24) is 15.1 Å². The van der Waals surface area contributed by atoms with Crippen molar-refractivity contribution in [3.63, 3.8) is 0 Å². The van der Waals surface area contributed by atoms with Crippen LogP contribution in [0, 0.1) is 5.92 Å². The second kappa shape index (κ2) is 13.0. The number of hydrogen-bond acceptors (Lipinski definition) is 3. The molecule has 0 bridgehead atoms. The molecule has 0 radical (unpaired) electrons. The lowest BCUT2D eigenvalue weighted by Crippen LogP contribution is -2.47. The zero-order valence-corrected chi connectivity index (χ0v) is 19.8. The molecule has 1 saturated heterocycles. The van der Waals surface area contributed by atoms with Crippen molar-refractivity contribution in [3.8, 4) is 0 Å². The topological polar surface area (TPSA) is 74.0 Å². The molecule has 0 saturated carbocycles. The van der Waals surface area contributed by atoms with E-state index in [0.29, 0.717) is 18.4 Å². The monoisotopic (exact) mass is 501 g/mol. The molecule has 28 heavy (non-hydrogen) atoms. The second-order valence-corrected chi connectivity index (χ2v) is 7.57. The molecule has 0 spiro atoms. The Morgan fingerprint density at radius 1 is 1.39 bits per heavy atom. The molecule has 0 aliphatic carbocycles. The highest BCUT2D eigenvalue weighted by Crippen LogP contribution is 2.19. The van der Waals surface area contributed by atoms with E-state index in [1.807, 2.05) is 6.07 Å². The minimum atomic E-state index is -0.208. The zero-order valence-electron chi connectivity index (χ0n) is 17.4. The maximum atomic E-state index is 11.3. The first-order chi connectivity index (χ1) is 13.0. The van der Waals surface area contributed by atoms with E-state index in [9.17, 15) is 4.79 Å². The Hall–Kier alpha value is -1.35. The van der Waals surface area contributed by atoms with Gasteiger partial charge in [0.05, 0.1) is 6.54 Å². The van der Waals surface area contributed by atoms with E-state index in [-0.39, 0.29) is 29.9 Å². The average molecular weight is 501 g/mol. The number of carbonyl (C=O) groups excluding carboxylic acids is 1. The van der Waals surface area contributed by atoms with E-state index in [2.05, 4.69) is 60.3 Å². The summed E-state index contributed by atoms with van der Waals surface area (Å²) in [6, 6.07) is 10.9. The van der Waals surface area contributed by atoms with E-state index in [0.717, 1.165) is 51.5 Å². The Morgan fingerprint density at radius 3 is 2.75 bits per heavy atom. The highest BCUT2D eigenvalue weighted by atomic mass is 127. The first-order valence-electron chi connectivity index (χ1n) is 10.0. The third-order valence-corrected chi connectivity index (χ3v) is 5.18. The number of benzene rings is 1. The van der Waals surface area contributed by atoms with Gasteiger partial charge in [0.2, 0.25) is 5.91 Å². The van der Waals surface area contributed by atoms with Gasteiger partial charge < -0.3 is 16.0 Å².